The molecule has 0 bridgehead atoms. The van der Waals surface area contributed by atoms with Crippen LogP contribution in [-0.2, 0) is 9.59 Å². The van der Waals surface area contributed by atoms with Crippen LogP contribution in [0.25, 0.3) is 6.08 Å². The summed E-state index contributed by atoms with van der Waals surface area (Å²) in [6, 6.07) is 12.3. The van der Waals surface area contributed by atoms with Gasteiger partial charge < -0.3 is 9.64 Å². The Bertz CT molecular complexity index is 1020. The van der Waals surface area contributed by atoms with Crippen molar-refractivity contribution in [3.05, 3.63) is 58.6 Å². The van der Waals surface area contributed by atoms with Gasteiger partial charge in [0.2, 0.25) is 0 Å². The van der Waals surface area contributed by atoms with Crippen molar-refractivity contribution in [1.82, 2.24) is 5.32 Å². The van der Waals surface area contributed by atoms with Crippen molar-refractivity contribution in [2.24, 2.45) is 0 Å². The number of nitrogens with zero attached hydrogens (tertiary/aromatic N) is 2. The summed E-state index contributed by atoms with van der Waals surface area (Å²) in [5.41, 5.74) is 2.11. The highest BCUT2D eigenvalue weighted by atomic mass is 35.5. The maximum absolute atomic E-state index is 13.1. The lowest BCUT2D eigenvalue weighted by atomic mass is 10.1. The molecule has 2 aromatic carbocycles. The van der Waals surface area contributed by atoms with Crippen molar-refractivity contribution in [2.45, 2.75) is 13.8 Å². The normalized spacial score (nSPS) is 15.4. The third kappa shape index (κ3) is 4.32. The zero-order valence-electron chi connectivity index (χ0n) is 16.9. The fourth-order valence-corrected chi connectivity index (χ4v) is 3.65. The summed E-state index contributed by atoms with van der Waals surface area (Å²) in [5, 5.41) is 3.13. The van der Waals surface area contributed by atoms with Gasteiger partial charge in [0.05, 0.1) is 12.8 Å². The fourth-order valence-electron chi connectivity index (χ4n) is 3.24. The Morgan fingerprint density at radius 3 is 2.40 bits per heavy atom. The van der Waals surface area contributed by atoms with Gasteiger partial charge in [-0.05, 0) is 68.5 Å². The quantitative estimate of drug-likeness (QED) is 0.415. The Hall–Kier alpha value is -2.90. The highest BCUT2D eigenvalue weighted by Gasteiger charge is 2.34. The van der Waals surface area contributed by atoms with E-state index in [1.807, 2.05) is 18.2 Å². The molecule has 1 saturated heterocycles. The Balaban J connectivity index is 2.01. The van der Waals surface area contributed by atoms with E-state index < -0.39 is 11.8 Å². The first-order chi connectivity index (χ1) is 14.4. The van der Waals surface area contributed by atoms with Crippen LogP contribution in [0.5, 0.6) is 5.75 Å². The van der Waals surface area contributed by atoms with Crippen LogP contribution in [-0.4, -0.2) is 37.1 Å². The second kappa shape index (κ2) is 9.28. The predicted molar refractivity (Wildman–Crippen MR) is 124 cm³/mol. The second-order valence-electron chi connectivity index (χ2n) is 6.53. The molecule has 1 fully saturated rings. The van der Waals surface area contributed by atoms with Crippen molar-refractivity contribution in [3.8, 4) is 5.75 Å². The van der Waals surface area contributed by atoms with Crippen LogP contribution in [0.1, 0.15) is 19.4 Å². The minimum atomic E-state index is -0.551. The van der Waals surface area contributed by atoms with Crippen LogP contribution in [0.15, 0.2) is 48.0 Å². The maximum atomic E-state index is 13.1. The Kier molecular flexibility index (Phi) is 6.74. The lowest BCUT2D eigenvalue weighted by molar-refractivity contribution is -0.122. The van der Waals surface area contributed by atoms with Crippen LogP contribution in [0, 0.1) is 0 Å². The molecule has 0 aromatic heterocycles. The summed E-state index contributed by atoms with van der Waals surface area (Å²) in [5.74, 6) is -0.496. The highest BCUT2D eigenvalue weighted by molar-refractivity contribution is 7.80. The summed E-state index contributed by atoms with van der Waals surface area (Å²) < 4.78 is 5.51. The van der Waals surface area contributed by atoms with Gasteiger partial charge in [0.1, 0.15) is 11.3 Å². The van der Waals surface area contributed by atoms with E-state index in [1.165, 1.54) is 11.0 Å². The molecule has 0 spiro atoms. The molecule has 0 radical (unpaired) electrons. The smallest absolute Gasteiger partial charge is 0.270 e. The molecule has 2 aromatic rings. The standard InChI is InChI=1S/C22H22ClN3O3S/c1-4-25(5-2)17-9-6-14(19(13-17)29-3)12-18-20(27)24-22(30)26(21(18)28)16-10-7-15(23)8-11-16/h6-13H,4-5H2,1-3H3,(H,24,27,30)/b18-12+. The predicted octanol–water partition coefficient (Wildman–Crippen LogP) is 4.03. The van der Waals surface area contributed by atoms with E-state index in [9.17, 15) is 9.59 Å². The number of hydrogen-bond donors (Lipinski definition) is 1. The SMILES string of the molecule is CCN(CC)c1ccc(/C=C2\C(=O)NC(=S)N(c3ccc(Cl)cc3)C2=O)c(OC)c1. The Labute approximate surface area is 186 Å². The number of methoxy groups -OCH3 is 1. The van der Waals surface area contributed by atoms with Crippen LogP contribution < -0.4 is 19.9 Å². The number of nitrogens with one attached hydrogen (secondary N) is 1. The molecule has 8 heteroatoms. The highest BCUT2D eigenvalue weighted by Crippen LogP contribution is 2.29. The van der Waals surface area contributed by atoms with E-state index in [0.717, 1.165) is 18.8 Å². The van der Waals surface area contributed by atoms with Crippen molar-refractivity contribution in [1.29, 1.82) is 0 Å². The number of carbonyl (C=O) groups is 2. The van der Waals surface area contributed by atoms with Gasteiger partial charge in [0, 0.05) is 35.4 Å². The van der Waals surface area contributed by atoms with Gasteiger partial charge >= 0.3 is 0 Å². The molecule has 156 valence electrons. The molecule has 1 heterocycles. The van der Waals surface area contributed by atoms with Gasteiger partial charge in [0.15, 0.2) is 5.11 Å². The number of rotatable bonds is 6. The zero-order valence-corrected chi connectivity index (χ0v) is 18.5. The average Bonchev–Trinajstić information content (AvgIpc) is 2.73. The molecule has 1 aliphatic rings. The molecular formula is C22H22ClN3O3S. The lowest BCUT2D eigenvalue weighted by Gasteiger charge is -2.29. The average molecular weight is 444 g/mol. The van der Waals surface area contributed by atoms with Crippen molar-refractivity contribution >= 4 is 58.2 Å². The third-order valence-electron chi connectivity index (χ3n) is 4.83. The zero-order chi connectivity index (χ0) is 21.8. The van der Waals surface area contributed by atoms with Crippen molar-refractivity contribution in [3.63, 3.8) is 0 Å². The number of ether oxygens (including phenoxy) is 1. The van der Waals surface area contributed by atoms with E-state index in [-0.39, 0.29) is 10.7 Å². The first-order valence-electron chi connectivity index (χ1n) is 9.49. The summed E-state index contributed by atoms with van der Waals surface area (Å²) in [6.07, 6.45) is 1.52. The number of hydrogen-bond acceptors (Lipinski definition) is 5. The van der Waals surface area contributed by atoms with Gasteiger partial charge in [-0.2, -0.15) is 0 Å². The van der Waals surface area contributed by atoms with Gasteiger partial charge in [0.25, 0.3) is 11.8 Å². The number of carbonyl (C=O) groups excluding carboxylic acids is 2. The molecule has 30 heavy (non-hydrogen) atoms. The van der Waals surface area contributed by atoms with Crippen LogP contribution >= 0.6 is 23.8 Å². The molecule has 6 nitrogen and oxygen atoms in total. The fraction of sp³-hybridized carbons (Fsp3) is 0.227. The van der Waals surface area contributed by atoms with Crippen LogP contribution in [0.2, 0.25) is 5.02 Å². The number of thiocarbonyl (C=S) groups is 1. The summed E-state index contributed by atoms with van der Waals surface area (Å²) in [7, 11) is 1.56. The van der Waals surface area contributed by atoms with E-state index >= 15 is 0 Å². The molecule has 0 aliphatic carbocycles. The van der Waals surface area contributed by atoms with Crippen molar-refractivity contribution in [2.75, 3.05) is 30.0 Å². The number of halogens is 1. The van der Waals surface area contributed by atoms with E-state index in [2.05, 4.69) is 24.1 Å². The minimum absolute atomic E-state index is 0.0216. The van der Waals surface area contributed by atoms with Gasteiger partial charge in [-0.15, -0.1) is 0 Å². The maximum Gasteiger partial charge on any atom is 0.270 e. The molecule has 0 saturated carbocycles. The summed E-state index contributed by atoms with van der Waals surface area (Å²) in [6.45, 7) is 5.86. The Morgan fingerprint density at radius 2 is 1.80 bits per heavy atom. The topological polar surface area (TPSA) is 61.9 Å². The van der Waals surface area contributed by atoms with Gasteiger partial charge in [-0.3, -0.25) is 19.8 Å². The van der Waals surface area contributed by atoms with E-state index in [1.54, 1.807) is 31.4 Å². The van der Waals surface area contributed by atoms with E-state index in [0.29, 0.717) is 22.0 Å². The van der Waals surface area contributed by atoms with Gasteiger partial charge in [-0.1, -0.05) is 11.6 Å². The monoisotopic (exact) mass is 443 g/mol. The molecule has 0 unspecified atom stereocenters. The van der Waals surface area contributed by atoms with Crippen LogP contribution in [0.4, 0.5) is 11.4 Å². The number of benzene rings is 2. The van der Waals surface area contributed by atoms with Gasteiger partial charge in [-0.25, -0.2) is 0 Å². The first kappa shape index (κ1) is 21.8. The molecule has 0 atom stereocenters. The van der Waals surface area contributed by atoms with E-state index in [4.69, 9.17) is 28.6 Å². The third-order valence-corrected chi connectivity index (χ3v) is 5.37. The first-order valence-corrected chi connectivity index (χ1v) is 10.3. The Morgan fingerprint density at radius 1 is 1.13 bits per heavy atom. The molecule has 1 aliphatic heterocycles. The van der Waals surface area contributed by atoms with Crippen molar-refractivity contribution < 1.29 is 14.3 Å². The largest absolute Gasteiger partial charge is 0.496 e. The number of amides is 2. The molecule has 2 amide bonds. The van der Waals surface area contributed by atoms with Crippen LogP contribution in [0.3, 0.4) is 0 Å². The molecule has 3 rings (SSSR count). The minimum Gasteiger partial charge on any atom is -0.496 e. The lowest BCUT2D eigenvalue weighted by Crippen LogP contribution is -2.54. The number of anilines is 2. The second-order valence-corrected chi connectivity index (χ2v) is 7.36. The molecule has 1 N–H and O–H groups in total. The molecular weight excluding hydrogens is 422 g/mol. The summed E-state index contributed by atoms with van der Waals surface area (Å²) in [4.78, 5) is 29.1. The summed E-state index contributed by atoms with van der Waals surface area (Å²) >= 11 is 11.2.